The molecule has 0 unspecified atom stereocenters. The van der Waals surface area contributed by atoms with Gasteiger partial charge < -0.3 is 10.2 Å². The summed E-state index contributed by atoms with van der Waals surface area (Å²) in [4.78, 5) is 2.26. The standard InChI is InChI=1S/C11H18N2S2/c1-4-7-12-8-9(11(15)10(8)14)13(5-2)6-3/h12H,4-7H2,1-3H3. The molecule has 0 amide bonds. The Morgan fingerprint density at radius 2 is 1.67 bits per heavy atom. The molecule has 0 radical (unpaired) electrons. The van der Waals surface area contributed by atoms with Crippen molar-refractivity contribution in [1.29, 1.82) is 0 Å². The molecule has 0 aliphatic heterocycles. The molecule has 0 bridgehead atoms. The maximum Gasteiger partial charge on any atom is 0.0834 e. The Hall–Kier alpha value is -0.480. The highest BCUT2D eigenvalue weighted by Crippen LogP contribution is 2.35. The Bertz CT molecular complexity index is 387. The minimum atomic E-state index is 0.834. The van der Waals surface area contributed by atoms with Gasteiger partial charge in [-0.05, 0) is 20.3 Å². The predicted molar refractivity (Wildman–Crippen MR) is 72.8 cm³/mol. The minimum absolute atomic E-state index is 0.834. The first-order valence-corrected chi connectivity index (χ1v) is 6.31. The molecule has 0 aliphatic carbocycles. The van der Waals surface area contributed by atoms with Crippen LogP contribution < -0.4 is 10.2 Å². The molecule has 2 nitrogen and oxygen atoms in total. The molecule has 0 saturated heterocycles. The monoisotopic (exact) mass is 242 g/mol. The second-order valence-electron chi connectivity index (χ2n) is 3.48. The molecule has 0 spiro atoms. The third kappa shape index (κ3) is 2.37. The van der Waals surface area contributed by atoms with Gasteiger partial charge in [-0.15, -0.1) is 0 Å². The molecule has 0 atom stereocenters. The van der Waals surface area contributed by atoms with Crippen LogP contribution in [0, 0.1) is 9.02 Å². The average Bonchev–Trinajstić information content (AvgIpc) is 2.27. The van der Waals surface area contributed by atoms with Gasteiger partial charge in [-0.3, -0.25) is 0 Å². The highest BCUT2D eigenvalue weighted by atomic mass is 32.1. The molecule has 0 aliphatic rings. The van der Waals surface area contributed by atoms with Crippen LogP contribution in [0.15, 0.2) is 0 Å². The lowest BCUT2D eigenvalue weighted by molar-refractivity contribution is 0.858. The van der Waals surface area contributed by atoms with Gasteiger partial charge in [0.2, 0.25) is 0 Å². The molecule has 0 aromatic heterocycles. The maximum atomic E-state index is 5.28. The van der Waals surface area contributed by atoms with Gasteiger partial charge >= 0.3 is 0 Å². The summed E-state index contributed by atoms with van der Waals surface area (Å²) < 4.78 is 1.69. The number of hydrogen-bond acceptors (Lipinski definition) is 4. The van der Waals surface area contributed by atoms with Crippen molar-refractivity contribution in [2.24, 2.45) is 0 Å². The van der Waals surface area contributed by atoms with Crippen LogP contribution in [-0.2, 0) is 0 Å². The Morgan fingerprint density at radius 3 is 2.13 bits per heavy atom. The van der Waals surface area contributed by atoms with E-state index in [1.165, 1.54) is 0 Å². The lowest BCUT2D eigenvalue weighted by Gasteiger charge is -2.27. The molecular weight excluding hydrogens is 224 g/mol. The highest BCUT2D eigenvalue weighted by Gasteiger charge is 2.18. The molecule has 1 rings (SSSR count). The van der Waals surface area contributed by atoms with E-state index in [-0.39, 0.29) is 0 Å². The van der Waals surface area contributed by atoms with Crippen LogP contribution in [0.2, 0.25) is 0 Å². The number of hydrogen-bond donors (Lipinski definition) is 1. The second kappa shape index (κ2) is 5.56. The third-order valence-corrected chi connectivity index (χ3v) is 3.45. The van der Waals surface area contributed by atoms with Crippen molar-refractivity contribution in [2.75, 3.05) is 29.9 Å². The molecule has 0 fully saturated rings. The molecule has 1 N–H and O–H groups in total. The molecule has 1 aromatic carbocycles. The summed E-state index contributed by atoms with van der Waals surface area (Å²) in [5.41, 5.74) is 2.23. The normalized spacial score (nSPS) is 10.6. The van der Waals surface area contributed by atoms with Gasteiger partial charge in [0.1, 0.15) is 0 Å². The van der Waals surface area contributed by atoms with Crippen LogP contribution in [0.5, 0.6) is 0 Å². The molecule has 4 heteroatoms. The molecule has 15 heavy (non-hydrogen) atoms. The van der Waals surface area contributed by atoms with E-state index < -0.39 is 0 Å². The lowest BCUT2D eigenvalue weighted by Crippen LogP contribution is -2.25. The number of nitrogens with zero attached hydrogens (tertiary/aromatic N) is 1. The summed E-state index contributed by atoms with van der Waals surface area (Å²) in [5.74, 6) is 0. The number of rotatable bonds is 6. The summed E-state index contributed by atoms with van der Waals surface area (Å²) in [6.45, 7) is 9.33. The first-order valence-electron chi connectivity index (χ1n) is 5.49. The minimum Gasteiger partial charge on any atom is -0.382 e. The van der Waals surface area contributed by atoms with Crippen molar-refractivity contribution < 1.29 is 0 Å². The third-order valence-electron chi connectivity index (χ3n) is 2.52. The van der Waals surface area contributed by atoms with Gasteiger partial charge in [0.15, 0.2) is 0 Å². The van der Waals surface area contributed by atoms with Crippen LogP contribution in [0.1, 0.15) is 27.2 Å². The van der Waals surface area contributed by atoms with Crippen molar-refractivity contribution in [3.05, 3.63) is 9.02 Å². The number of nitrogens with one attached hydrogen (secondary N) is 1. The van der Waals surface area contributed by atoms with Crippen molar-refractivity contribution in [2.45, 2.75) is 27.2 Å². The van der Waals surface area contributed by atoms with Crippen LogP contribution >= 0.6 is 24.4 Å². The summed E-state index contributed by atoms with van der Waals surface area (Å²) in [5, 5.41) is 3.36. The summed E-state index contributed by atoms with van der Waals surface area (Å²) >= 11 is 10.5. The van der Waals surface area contributed by atoms with Crippen LogP contribution in [0.25, 0.3) is 0 Å². The smallest absolute Gasteiger partial charge is 0.0834 e. The summed E-state index contributed by atoms with van der Waals surface area (Å²) in [7, 11) is 0. The van der Waals surface area contributed by atoms with E-state index in [1.54, 1.807) is 0 Å². The largest absolute Gasteiger partial charge is 0.382 e. The second-order valence-corrected chi connectivity index (χ2v) is 4.30. The van der Waals surface area contributed by atoms with E-state index in [2.05, 4.69) is 31.0 Å². The summed E-state index contributed by atoms with van der Waals surface area (Å²) in [6.07, 6.45) is 1.10. The van der Waals surface area contributed by atoms with Crippen molar-refractivity contribution in [1.82, 2.24) is 0 Å². The van der Waals surface area contributed by atoms with E-state index in [1.807, 2.05) is 0 Å². The van der Waals surface area contributed by atoms with Gasteiger partial charge in [-0.2, -0.15) is 0 Å². The first-order chi connectivity index (χ1) is 7.17. The zero-order chi connectivity index (χ0) is 11.4. The van der Waals surface area contributed by atoms with Crippen LogP contribution in [0.4, 0.5) is 11.4 Å². The maximum absolute atomic E-state index is 5.28. The molecule has 0 saturated carbocycles. The molecular formula is C11H18N2S2. The fraction of sp³-hybridized carbons (Fsp3) is 0.636. The van der Waals surface area contributed by atoms with Crippen molar-refractivity contribution in [3.63, 3.8) is 0 Å². The SMILES string of the molecule is CCCNc1c(N(CC)CC)c(=S)c1=S. The van der Waals surface area contributed by atoms with E-state index in [4.69, 9.17) is 24.4 Å². The Labute approximate surface area is 102 Å². The zero-order valence-electron chi connectivity index (χ0n) is 9.59. The van der Waals surface area contributed by atoms with Gasteiger partial charge in [-0.1, -0.05) is 31.4 Å². The fourth-order valence-electron chi connectivity index (χ4n) is 1.64. The van der Waals surface area contributed by atoms with Crippen LogP contribution in [-0.4, -0.2) is 19.6 Å². The predicted octanol–water partition coefficient (Wildman–Crippen LogP) is 3.69. The summed E-state index contributed by atoms with van der Waals surface area (Å²) in [6, 6.07) is 0. The quantitative estimate of drug-likeness (QED) is 0.765. The average molecular weight is 242 g/mol. The lowest BCUT2D eigenvalue weighted by atomic mass is 10.2. The topological polar surface area (TPSA) is 15.3 Å². The first kappa shape index (κ1) is 12.6. The fourth-order valence-corrected chi connectivity index (χ4v) is 2.23. The Kier molecular flexibility index (Phi) is 4.67. The van der Waals surface area contributed by atoms with E-state index in [0.717, 1.165) is 46.5 Å². The van der Waals surface area contributed by atoms with Crippen molar-refractivity contribution >= 4 is 35.8 Å². The van der Waals surface area contributed by atoms with E-state index >= 15 is 0 Å². The van der Waals surface area contributed by atoms with Gasteiger partial charge in [0.25, 0.3) is 0 Å². The molecule has 1 aromatic rings. The van der Waals surface area contributed by atoms with E-state index in [9.17, 15) is 0 Å². The van der Waals surface area contributed by atoms with Gasteiger partial charge in [-0.25, -0.2) is 0 Å². The number of anilines is 2. The zero-order valence-corrected chi connectivity index (χ0v) is 11.2. The van der Waals surface area contributed by atoms with Crippen LogP contribution in [0.3, 0.4) is 0 Å². The molecule has 84 valence electrons. The Morgan fingerprint density at radius 1 is 1.07 bits per heavy atom. The Balaban J connectivity index is 2.92. The highest BCUT2D eigenvalue weighted by molar-refractivity contribution is 7.74. The van der Waals surface area contributed by atoms with Gasteiger partial charge in [0, 0.05) is 19.6 Å². The molecule has 0 heterocycles. The van der Waals surface area contributed by atoms with E-state index in [0.29, 0.717) is 0 Å². The van der Waals surface area contributed by atoms with Crippen molar-refractivity contribution in [3.8, 4) is 0 Å². The van der Waals surface area contributed by atoms with Gasteiger partial charge in [0.05, 0.1) is 20.4 Å².